The second-order valence-corrected chi connectivity index (χ2v) is 7.60. The van der Waals surface area contributed by atoms with Gasteiger partial charge in [0.2, 0.25) is 23.6 Å². The summed E-state index contributed by atoms with van der Waals surface area (Å²) in [7, 11) is 0. The number of nitrogens with two attached hydrogens (primary N) is 2. The van der Waals surface area contributed by atoms with Crippen LogP contribution in [0.3, 0.4) is 0 Å². The average molecular weight is 495 g/mol. The van der Waals surface area contributed by atoms with E-state index in [0.717, 1.165) is 0 Å². The van der Waals surface area contributed by atoms with Crippen LogP contribution in [-0.2, 0) is 35.2 Å². The fourth-order valence-corrected chi connectivity index (χ4v) is 2.89. The number of benzene rings is 1. The number of carboxylic acids is 2. The minimum atomic E-state index is -1.62. The fraction of sp³-hybridized carbons (Fsp3) is 0.429. The highest BCUT2D eigenvalue weighted by Gasteiger charge is 2.31. The first-order valence-electron chi connectivity index (χ1n) is 10.5. The van der Waals surface area contributed by atoms with E-state index in [-0.39, 0.29) is 12.8 Å². The number of carbonyl (C=O) groups excluding carboxylic acids is 4. The second kappa shape index (κ2) is 14.3. The predicted octanol–water partition coefficient (Wildman–Crippen LogP) is -3.17. The molecule has 0 aliphatic heterocycles. The van der Waals surface area contributed by atoms with Crippen molar-refractivity contribution in [3.63, 3.8) is 0 Å². The molecule has 0 radical (unpaired) electrons. The van der Waals surface area contributed by atoms with Gasteiger partial charge in [0.15, 0.2) is 0 Å². The number of aliphatic hydroxyl groups excluding tert-OH is 1. The average Bonchev–Trinajstić information content (AvgIpc) is 2.79. The minimum Gasteiger partial charge on any atom is -0.481 e. The van der Waals surface area contributed by atoms with E-state index in [2.05, 4.69) is 16.0 Å². The number of aliphatic carboxylic acids is 2. The maximum Gasteiger partial charge on any atom is 0.326 e. The molecular weight excluding hydrogens is 466 g/mol. The molecule has 1 rings (SSSR count). The van der Waals surface area contributed by atoms with Gasteiger partial charge in [0.05, 0.1) is 19.1 Å². The van der Waals surface area contributed by atoms with E-state index in [1.54, 1.807) is 30.3 Å². The fourth-order valence-electron chi connectivity index (χ4n) is 2.89. The summed E-state index contributed by atoms with van der Waals surface area (Å²) < 4.78 is 0. The summed E-state index contributed by atoms with van der Waals surface area (Å²) in [6.07, 6.45) is -1.41. The van der Waals surface area contributed by atoms with Crippen molar-refractivity contribution in [1.29, 1.82) is 0 Å². The second-order valence-electron chi connectivity index (χ2n) is 7.60. The summed E-state index contributed by atoms with van der Waals surface area (Å²) >= 11 is 0. The molecule has 10 N–H and O–H groups in total. The molecule has 0 saturated heterocycles. The number of rotatable bonds is 15. The van der Waals surface area contributed by atoms with Crippen molar-refractivity contribution >= 4 is 35.6 Å². The number of amides is 4. The largest absolute Gasteiger partial charge is 0.481 e. The summed E-state index contributed by atoms with van der Waals surface area (Å²) in [5.41, 5.74) is 11.3. The van der Waals surface area contributed by atoms with Crippen molar-refractivity contribution in [2.24, 2.45) is 11.5 Å². The Morgan fingerprint density at radius 3 is 1.89 bits per heavy atom. The molecule has 35 heavy (non-hydrogen) atoms. The van der Waals surface area contributed by atoms with Gasteiger partial charge in [-0.25, -0.2) is 4.79 Å². The Kier molecular flexibility index (Phi) is 11.8. The number of nitrogens with one attached hydrogen (secondary N) is 3. The molecule has 0 heterocycles. The van der Waals surface area contributed by atoms with E-state index >= 15 is 0 Å². The first-order chi connectivity index (χ1) is 16.4. The van der Waals surface area contributed by atoms with Crippen LogP contribution in [0.2, 0.25) is 0 Å². The third kappa shape index (κ3) is 10.6. The molecule has 0 bridgehead atoms. The summed E-state index contributed by atoms with van der Waals surface area (Å²) in [6.45, 7) is -0.926. The third-order valence-electron chi connectivity index (χ3n) is 4.76. The zero-order valence-electron chi connectivity index (χ0n) is 18.7. The van der Waals surface area contributed by atoms with Crippen LogP contribution >= 0.6 is 0 Å². The van der Waals surface area contributed by atoms with E-state index in [1.165, 1.54) is 0 Å². The molecule has 4 unspecified atom stereocenters. The summed E-state index contributed by atoms with van der Waals surface area (Å²) in [5.74, 6) is -6.56. The lowest BCUT2D eigenvalue weighted by Gasteiger charge is -2.23. The zero-order valence-corrected chi connectivity index (χ0v) is 18.7. The zero-order chi connectivity index (χ0) is 26.5. The van der Waals surface area contributed by atoms with Crippen LogP contribution in [0.5, 0.6) is 0 Å². The van der Waals surface area contributed by atoms with Gasteiger partial charge in [0.25, 0.3) is 0 Å². The highest BCUT2D eigenvalue weighted by Crippen LogP contribution is 2.04. The molecule has 0 aromatic heterocycles. The molecule has 14 nitrogen and oxygen atoms in total. The van der Waals surface area contributed by atoms with Crippen LogP contribution in [0, 0.1) is 0 Å². The Bertz CT molecular complexity index is 925. The number of hydrogen-bond donors (Lipinski definition) is 8. The lowest BCUT2D eigenvalue weighted by molar-refractivity contribution is -0.142. The summed E-state index contributed by atoms with van der Waals surface area (Å²) in [6, 6.07) is 2.55. The Labute approximate surface area is 200 Å². The van der Waals surface area contributed by atoms with Crippen LogP contribution in [0.4, 0.5) is 0 Å². The molecule has 0 saturated carbocycles. The molecule has 0 aliphatic rings. The minimum absolute atomic E-state index is 0.0669. The molecule has 4 amide bonds. The normalized spacial score (nSPS) is 14.0. The van der Waals surface area contributed by atoms with Gasteiger partial charge in [-0.2, -0.15) is 0 Å². The molecule has 0 spiro atoms. The Hall–Kier alpha value is -4.04. The monoisotopic (exact) mass is 495 g/mol. The van der Waals surface area contributed by atoms with Crippen LogP contribution in [0.1, 0.15) is 24.8 Å². The van der Waals surface area contributed by atoms with E-state index in [4.69, 9.17) is 16.6 Å². The third-order valence-corrected chi connectivity index (χ3v) is 4.76. The molecule has 14 heteroatoms. The topological polar surface area (TPSA) is 251 Å². The van der Waals surface area contributed by atoms with E-state index in [9.17, 15) is 39.0 Å². The standard InChI is InChI=1S/C21H29N5O9/c22-12(6-7-17(29)30)18(31)24-13(9-16(23)28)19(32)26-15(10-27)20(33)25-14(21(34)35)8-11-4-2-1-3-5-11/h1-5,12-15,27H,6-10,22H2,(H2,23,28)(H,24,31)(H,25,33)(H,26,32)(H,29,30)(H,34,35). The lowest BCUT2D eigenvalue weighted by atomic mass is 10.1. The molecule has 192 valence electrons. The predicted molar refractivity (Wildman–Crippen MR) is 119 cm³/mol. The van der Waals surface area contributed by atoms with Crippen LogP contribution in [0.25, 0.3) is 0 Å². The van der Waals surface area contributed by atoms with Crippen LogP contribution in [-0.4, -0.2) is 81.7 Å². The van der Waals surface area contributed by atoms with E-state index in [1.807, 2.05) is 0 Å². The van der Waals surface area contributed by atoms with Crippen molar-refractivity contribution < 1.29 is 44.1 Å². The number of aliphatic hydroxyl groups is 1. The number of carbonyl (C=O) groups is 6. The van der Waals surface area contributed by atoms with Crippen molar-refractivity contribution in [3.8, 4) is 0 Å². The maximum atomic E-state index is 12.6. The molecular formula is C21H29N5O9. The molecule has 1 aromatic carbocycles. The van der Waals surface area contributed by atoms with Gasteiger partial charge >= 0.3 is 11.9 Å². The van der Waals surface area contributed by atoms with Crippen molar-refractivity contribution in [2.45, 2.75) is 49.9 Å². The number of carboxylic acid groups (broad SMARTS) is 2. The van der Waals surface area contributed by atoms with Crippen molar-refractivity contribution in [1.82, 2.24) is 16.0 Å². The summed E-state index contributed by atoms with van der Waals surface area (Å²) in [5, 5.41) is 34.2. The summed E-state index contributed by atoms with van der Waals surface area (Å²) in [4.78, 5) is 70.9. The first-order valence-corrected chi connectivity index (χ1v) is 10.5. The highest BCUT2D eigenvalue weighted by atomic mass is 16.4. The van der Waals surface area contributed by atoms with Gasteiger partial charge in [-0.3, -0.25) is 24.0 Å². The molecule has 0 aliphatic carbocycles. The SMILES string of the molecule is NC(=O)CC(NC(=O)C(N)CCC(=O)O)C(=O)NC(CO)C(=O)NC(Cc1ccccc1)C(=O)O. The molecule has 1 aromatic rings. The van der Waals surface area contributed by atoms with E-state index < -0.39 is 79.2 Å². The van der Waals surface area contributed by atoms with Crippen LogP contribution in [0.15, 0.2) is 30.3 Å². The first kappa shape index (κ1) is 29.0. The van der Waals surface area contributed by atoms with Crippen molar-refractivity contribution in [3.05, 3.63) is 35.9 Å². The Morgan fingerprint density at radius 1 is 0.829 bits per heavy atom. The van der Waals surface area contributed by atoms with Gasteiger partial charge in [0, 0.05) is 12.8 Å². The van der Waals surface area contributed by atoms with Gasteiger partial charge in [-0.05, 0) is 12.0 Å². The maximum absolute atomic E-state index is 12.6. The Morgan fingerprint density at radius 2 is 1.37 bits per heavy atom. The molecule has 0 fully saturated rings. The van der Waals surface area contributed by atoms with Gasteiger partial charge in [0.1, 0.15) is 18.1 Å². The van der Waals surface area contributed by atoms with Crippen LogP contribution < -0.4 is 27.4 Å². The van der Waals surface area contributed by atoms with Gasteiger partial charge in [-0.15, -0.1) is 0 Å². The van der Waals surface area contributed by atoms with Gasteiger partial charge < -0.3 is 42.7 Å². The lowest BCUT2D eigenvalue weighted by Crippen LogP contribution is -2.58. The van der Waals surface area contributed by atoms with Crippen molar-refractivity contribution in [2.75, 3.05) is 6.61 Å². The molecule has 4 atom stereocenters. The highest BCUT2D eigenvalue weighted by molar-refractivity contribution is 5.96. The van der Waals surface area contributed by atoms with E-state index in [0.29, 0.717) is 5.56 Å². The smallest absolute Gasteiger partial charge is 0.326 e. The Balaban J connectivity index is 2.86. The number of primary amides is 1. The quantitative estimate of drug-likeness (QED) is 0.121. The van der Waals surface area contributed by atoms with Gasteiger partial charge in [-0.1, -0.05) is 30.3 Å². The number of hydrogen-bond acceptors (Lipinski definition) is 8.